The number of hydrogen-bond donors (Lipinski definition) is 1. The van der Waals surface area contributed by atoms with Gasteiger partial charge in [-0.3, -0.25) is 4.79 Å². The van der Waals surface area contributed by atoms with Crippen molar-refractivity contribution < 1.29 is 14.3 Å². The second-order valence-electron chi connectivity index (χ2n) is 4.68. The molecular weight excluding hydrogens is 242 g/mol. The predicted molar refractivity (Wildman–Crippen MR) is 75.6 cm³/mol. The topological polar surface area (TPSA) is 47.6 Å². The van der Waals surface area contributed by atoms with Crippen LogP contribution in [0.25, 0.3) is 0 Å². The Morgan fingerprint density at radius 1 is 1.26 bits per heavy atom. The molecule has 0 aliphatic heterocycles. The number of ether oxygens (including phenoxy) is 2. The molecular formula is C15H23NO3. The maximum atomic E-state index is 11.5. The van der Waals surface area contributed by atoms with Gasteiger partial charge in [0.2, 0.25) is 0 Å². The molecule has 0 saturated carbocycles. The van der Waals surface area contributed by atoms with Gasteiger partial charge in [0.1, 0.15) is 5.75 Å². The number of esters is 1. The molecule has 0 heterocycles. The van der Waals surface area contributed by atoms with Crippen molar-refractivity contribution in [2.75, 3.05) is 21.3 Å². The third-order valence-electron chi connectivity index (χ3n) is 3.62. The molecule has 1 unspecified atom stereocenters. The largest absolute Gasteiger partial charge is 0.496 e. The molecule has 0 aromatic heterocycles. The lowest BCUT2D eigenvalue weighted by molar-refractivity contribution is -0.141. The fourth-order valence-corrected chi connectivity index (χ4v) is 2.41. The van der Waals surface area contributed by atoms with Crippen LogP contribution in [0.15, 0.2) is 6.07 Å². The third kappa shape index (κ3) is 3.26. The number of benzene rings is 1. The lowest BCUT2D eigenvalue weighted by Crippen LogP contribution is -2.23. The molecule has 0 aliphatic carbocycles. The molecule has 0 fully saturated rings. The zero-order valence-electron chi connectivity index (χ0n) is 12.6. The number of aryl methyl sites for hydroxylation is 1. The van der Waals surface area contributed by atoms with Crippen molar-refractivity contribution >= 4 is 5.97 Å². The van der Waals surface area contributed by atoms with Crippen molar-refractivity contribution in [2.24, 2.45) is 0 Å². The average molecular weight is 265 g/mol. The fourth-order valence-electron chi connectivity index (χ4n) is 2.41. The van der Waals surface area contributed by atoms with Gasteiger partial charge in [-0.2, -0.15) is 0 Å². The van der Waals surface area contributed by atoms with Crippen molar-refractivity contribution in [1.29, 1.82) is 0 Å². The average Bonchev–Trinajstić information content (AvgIpc) is 2.41. The van der Waals surface area contributed by atoms with E-state index in [2.05, 4.69) is 12.2 Å². The van der Waals surface area contributed by atoms with E-state index in [0.717, 1.165) is 28.0 Å². The van der Waals surface area contributed by atoms with Crippen LogP contribution in [0, 0.1) is 20.8 Å². The molecule has 0 saturated heterocycles. The molecule has 1 rings (SSSR count). The maximum absolute atomic E-state index is 11.5. The van der Waals surface area contributed by atoms with Gasteiger partial charge in [0.25, 0.3) is 0 Å². The van der Waals surface area contributed by atoms with E-state index in [4.69, 9.17) is 9.47 Å². The monoisotopic (exact) mass is 265 g/mol. The minimum Gasteiger partial charge on any atom is -0.496 e. The van der Waals surface area contributed by atoms with Gasteiger partial charge in [-0.25, -0.2) is 0 Å². The van der Waals surface area contributed by atoms with Crippen LogP contribution in [0.5, 0.6) is 5.75 Å². The number of carbonyl (C=O) groups excluding carboxylic acids is 1. The Bertz CT molecular complexity index is 469. The summed E-state index contributed by atoms with van der Waals surface area (Å²) in [4.78, 5) is 11.5. The molecule has 0 radical (unpaired) electrons. The van der Waals surface area contributed by atoms with Gasteiger partial charge < -0.3 is 14.8 Å². The highest BCUT2D eigenvalue weighted by molar-refractivity contribution is 5.70. The number of rotatable bonds is 5. The van der Waals surface area contributed by atoms with Gasteiger partial charge >= 0.3 is 5.97 Å². The van der Waals surface area contributed by atoms with Crippen LogP contribution in [-0.2, 0) is 9.53 Å². The van der Waals surface area contributed by atoms with Crippen molar-refractivity contribution in [2.45, 2.75) is 33.2 Å². The van der Waals surface area contributed by atoms with E-state index in [-0.39, 0.29) is 12.0 Å². The van der Waals surface area contributed by atoms with E-state index in [1.165, 1.54) is 7.11 Å². The molecule has 4 heteroatoms. The third-order valence-corrected chi connectivity index (χ3v) is 3.62. The van der Waals surface area contributed by atoms with Crippen LogP contribution in [0.3, 0.4) is 0 Å². The molecule has 19 heavy (non-hydrogen) atoms. The Balaban J connectivity index is 3.24. The lowest BCUT2D eigenvalue weighted by atomic mass is 9.90. The van der Waals surface area contributed by atoms with E-state index in [1.54, 1.807) is 7.11 Å². The summed E-state index contributed by atoms with van der Waals surface area (Å²) in [6, 6.07) is 1.97. The lowest BCUT2D eigenvalue weighted by Gasteiger charge is -2.23. The van der Waals surface area contributed by atoms with Gasteiger partial charge in [0.15, 0.2) is 0 Å². The van der Waals surface area contributed by atoms with Crippen LogP contribution in [0.1, 0.15) is 34.7 Å². The molecule has 0 bridgehead atoms. The first-order valence-electron chi connectivity index (χ1n) is 6.35. The van der Waals surface area contributed by atoms with Crippen LogP contribution < -0.4 is 10.1 Å². The van der Waals surface area contributed by atoms with Crippen LogP contribution in [0.4, 0.5) is 0 Å². The second-order valence-corrected chi connectivity index (χ2v) is 4.68. The Morgan fingerprint density at radius 2 is 1.89 bits per heavy atom. The van der Waals surface area contributed by atoms with Gasteiger partial charge in [0.05, 0.1) is 20.6 Å². The summed E-state index contributed by atoms with van der Waals surface area (Å²) in [5.74, 6) is 0.665. The van der Waals surface area contributed by atoms with E-state index in [0.29, 0.717) is 6.42 Å². The van der Waals surface area contributed by atoms with Crippen molar-refractivity contribution in [3.05, 3.63) is 28.3 Å². The highest BCUT2D eigenvalue weighted by atomic mass is 16.5. The predicted octanol–water partition coefficient (Wildman–Crippen LogP) is 2.44. The number of methoxy groups -OCH3 is 2. The van der Waals surface area contributed by atoms with E-state index >= 15 is 0 Å². The summed E-state index contributed by atoms with van der Waals surface area (Å²) in [6.45, 7) is 6.12. The standard InChI is InChI=1S/C15H23NO3/c1-9-7-13(18-5)10(2)11(3)15(9)12(16-4)8-14(17)19-6/h7,12,16H,8H2,1-6H3. The summed E-state index contributed by atoms with van der Waals surface area (Å²) in [7, 11) is 4.94. The molecule has 4 nitrogen and oxygen atoms in total. The molecule has 1 aromatic rings. The first kappa shape index (κ1) is 15.5. The van der Waals surface area contributed by atoms with Gasteiger partial charge in [-0.05, 0) is 56.1 Å². The number of carbonyl (C=O) groups is 1. The first-order valence-corrected chi connectivity index (χ1v) is 6.35. The minimum absolute atomic E-state index is 0.0444. The Kier molecular flexibility index (Phi) is 5.36. The Labute approximate surface area is 115 Å². The summed E-state index contributed by atoms with van der Waals surface area (Å²) >= 11 is 0. The van der Waals surface area contributed by atoms with Crippen molar-refractivity contribution in [3.63, 3.8) is 0 Å². The quantitative estimate of drug-likeness (QED) is 0.831. The fraction of sp³-hybridized carbons (Fsp3) is 0.533. The number of nitrogens with one attached hydrogen (secondary N) is 1. The summed E-state index contributed by atoms with van der Waals surface area (Å²) in [5, 5.41) is 3.19. The molecule has 106 valence electrons. The highest BCUT2D eigenvalue weighted by Crippen LogP contribution is 2.32. The Hall–Kier alpha value is -1.55. The van der Waals surface area contributed by atoms with Gasteiger partial charge in [-0.15, -0.1) is 0 Å². The van der Waals surface area contributed by atoms with Gasteiger partial charge in [-0.1, -0.05) is 0 Å². The van der Waals surface area contributed by atoms with E-state index in [9.17, 15) is 4.79 Å². The van der Waals surface area contributed by atoms with E-state index in [1.807, 2.05) is 27.0 Å². The molecule has 1 aromatic carbocycles. The van der Waals surface area contributed by atoms with Crippen LogP contribution >= 0.6 is 0 Å². The Morgan fingerprint density at radius 3 is 2.37 bits per heavy atom. The van der Waals surface area contributed by atoms with E-state index < -0.39 is 0 Å². The second kappa shape index (κ2) is 6.57. The SMILES string of the molecule is CNC(CC(=O)OC)c1c(C)cc(OC)c(C)c1C. The van der Waals surface area contributed by atoms with Crippen LogP contribution in [0.2, 0.25) is 0 Å². The zero-order valence-corrected chi connectivity index (χ0v) is 12.6. The van der Waals surface area contributed by atoms with Gasteiger partial charge in [0, 0.05) is 6.04 Å². The first-order chi connectivity index (χ1) is 8.96. The normalized spacial score (nSPS) is 12.1. The molecule has 0 spiro atoms. The minimum atomic E-state index is -0.216. The summed E-state index contributed by atoms with van der Waals surface area (Å²) < 4.78 is 10.1. The highest BCUT2D eigenvalue weighted by Gasteiger charge is 2.21. The molecule has 0 aliphatic rings. The summed E-state index contributed by atoms with van der Waals surface area (Å²) in [6.07, 6.45) is 0.320. The van der Waals surface area contributed by atoms with Crippen molar-refractivity contribution in [3.8, 4) is 5.75 Å². The molecule has 1 N–H and O–H groups in total. The zero-order chi connectivity index (χ0) is 14.6. The maximum Gasteiger partial charge on any atom is 0.307 e. The molecule has 0 amide bonds. The smallest absolute Gasteiger partial charge is 0.307 e. The number of hydrogen-bond acceptors (Lipinski definition) is 4. The van der Waals surface area contributed by atoms with Crippen molar-refractivity contribution in [1.82, 2.24) is 5.32 Å². The summed E-state index contributed by atoms with van der Waals surface area (Å²) in [5.41, 5.74) is 4.52. The molecule has 1 atom stereocenters. The van der Waals surface area contributed by atoms with Crippen LogP contribution in [-0.4, -0.2) is 27.2 Å².